The molecule has 0 fully saturated rings. The molecule has 1 atom stereocenters. The van der Waals surface area contributed by atoms with Gasteiger partial charge in [-0.15, -0.1) is 0 Å². The number of hydrogen-bond donors (Lipinski definition) is 2. The van der Waals surface area contributed by atoms with Gasteiger partial charge < -0.3 is 10.3 Å². The molecule has 1 aliphatic carbocycles. The number of aromatic amines is 1. The van der Waals surface area contributed by atoms with Gasteiger partial charge >= 0.3 is 0 Å². The Bertz CT molecular complexity index is 802. The average molecular weight is 331 g/mol. The van der Waals surface area contributed by atoms with Crippen molar-refractivity contribution in [3.05, 3.63) is 89.5 Å². The Balaban J connectivity index is 1.56. The third-order valence-electron chi connectivity index (χ3n) is 4.91. The van der Waals surface area contributed by atoms with Gasteiger partial charge in [0.25, 0.3) is 0 Å². The molecule has 0 unspecified atom stereocenters. The van der Waals surface area contributed by atoms with E-state index in [1.54, 1.807) is 6.33 Å². The normalized spacial score (nSPS) is 16.4. The SMILES string of the molecule is O=C(NC(c1ccccc1)c1ccccc1)[C@@H]1CCc2nc[nH]c2C1. The van der Waals surface area contributed by atoms with Crippen molar-refractivity contribution in [1.82, 2.24) is 15.3 Å². The highest BCUT2D eigenvalue weighted by Crippen LogP contribution is 2.26. The lowest BCUT2D eigenvalue weighted by atomic mass is 9.88. The molecule has 4 rings (SSSR count). The smallest absolute Gasteiger partial charge is 0.224 e. The molecule has 126 valence electrons. The number of aromatic nitrogens is 2. The van der Waals surface area contributed by atoms with Crippen molar-refractivity contribution in [3.8, 4) is 0 Å². The van der Waals surface area contributed by atoms with E-state index >= 15 is 0 Å². The number of fused-ring (bicyclic) bond motifs is 1. The van der Waals surface area contributed by atoms with Crippen molar-refractivity contribution in [3.63, 3.8) is 0 Å². The highest BCUT2D eigenvalue weighted by Gasteiger charge is 2.28. The van der Waals surface area contributed by atoms with Gasteiger partial charge in [-0.1, -0.05) is 60.7 Å². The van der Waals surface area contributed by atoms with Gasteiger partial charge in [0.05, 0.1) is 18.1 Å². The Hall–Kier alpha value is -2.88. The number of benzene rings is 2. The second-order valence-corrected chi connectivity index (χ2v) is 6.53. The van der Waals surface area contributed by atoms with E-state index in [9.17, 15) is 4.79 Å². The van der Waals surface area contributed by atoms with Crippen LogP contribution in [0.1, 0.15) is 35.0 Å². The molecule has 25 heavy (non-hydrogen) atoms. The first-order valence-electron chi connectivity index (χ1n) is 8.72. The summed E-state index contributed by atoms with van der Waals surface area (Å²) in [5.41, 5.74) is 4.40. The first kappa shape index (κ1) is 15.6. The number of rotatable bonds is 4. The maximum absolute atomic E-state index is 12.9. The molecule has 1 amide bonds. The van der Waals surface area contributed by atoms with Crippen LogP contribution >= 0.6 is 0 Å². The predicted octanol–water partition coefficient (Wildman–Crippen LogP) is 3.42. The lowest BCUT2D eigenvalue weighted by molar-refractivity contribution is -0.125. The van der Waals surface area contributed by atoms with Crippen molar-refractivity contribution < 1.29 is 4.79 Å². The minimum atomic E-state index is -0.127. The quantitative estimate of drug-likeness (QED) is 0.769. The molecule has 0 saturated carbocycles. The second-order valence-electron chi connectivity index (χ2n) is 6.53. The molecule has 2 N–H and O–H groups in total. The highest BCUT2D eigenvalue weighted by molar-refractivity contribution is 5.80. The van der Waals surface area contributed by atoms with Crippen LogP contribution < -0.4 is 5.32 Å². The number of nitrogens with one attached hydrogen (secondary N) is 2. The Morgan fingerprint density at radius 3 is 2.32 bits per heavy atom. The number of carbonyl (C=O) groups excluding carboxylic acids is 1. The molecule has 4 heteroatoms. The summed E-state index contributed by atoms with van der Waals surface area (Å²) in [5, 5.41) is 3.27. The van der Waals surface area contributed by atoms with Crippen LogP contribution in [0.3, 0.4) is 0 Å². The van der Waals surface area contributed by atoms with Crippen LogP contribution in [0.15, 0.2) is 67.0 Å². The lowest BCUT2D eigenvalue weighted by Gasteiger charge is -2.25. The summed E-state index contributed by atoms with van der Waals surface area (Å²) in [6.07, 6.45) is 4.16. The van der Waals surface area contributed by atoms with Crippen LogP contribution in [0.5, 0.6) is 0 Å². The maximum Gasteiger partial charge on any atom is 0.224 e. The standard InChI is InChI=1S/C21H21N3O/c25-21(17-11-12-18-19(13-17)23-14-22-18)24-20(15-7-3-1-4-8-15)16-9-5-2-6-10-16/h1-10,14,17,20H,11-13H2,(H,22,23)(H,24,25)/t17-/m1/s1. The molecular weight excluding hydrogens is 310 g/mol. The zero-order valence-corrected chi connectivity index (χ0v) is 14.0. The lowest BCUT2D eigenvalue weighted by Crippen LogP contribution is -2.37. The first-order chi connectivity index (χ1) is 12.3. The molecule has 3 aromatic rings. The van der Waals surface area contributed by atoms with Gasteiger partial charge in [-0.3, -0.25) is 4.79 Å². The summed E-state index contributed by atoms with van der Waals surface area (Å²) >= 11 is 0. The van der Waals surface area contributed by atoms with Crippen LogP contribution in [-0.2, 0) is 17.6 Å². The minimum Gasteiger partial charge on any atom is -0.348 e. The number of carbonyl (C=O) groups is 1. The number of hydrogen-bond acceptors (Lipinski definition) is 2. The summed E-state index contributed by atoms with van der Waals surface area (Å²) in [6, 6.07) is 20.1. The van der Waals surface area contributed by atoms with Crippen molar-refractivity contribution in [2.75, 3.05) is 0 Å². The molecule has 0 spiro atoms. The van der Waals surface area contributed by atoms with Crippen molar-refractivity contribution in [2.45, 2.75) is 25.3 Å². The molecule has 2 aromatic carbocycles. The second kappa shape index (κ2) is 6.93. The van der Waals surface area contributed by atoms with Gasteiger partial charge in [-0.2, -0.15) is 0 Å². The monoisotopic (exact) mass is 331 g/mol. The zero-order valence-electron chi connectivity index (χ0n) is 14.0. The van der Waals surface area contributed by atoms with E-state index in [4.69, 9.17) is 0 Å². The van der Waals surface area contributed by atoms with Gasteiger partial charge in [0.2, 0.25) is 5.91 Å². The van der Waals surface area contributed by atoms with Gasteiger partial charge in [-0.05, 0) is 24.0 Å². The first-order valence-corrected chi connectivity index (χ1v) is 8.72. The third kappa shape index (κ3) is 3.33. The summed E-state index contributed by atoms with van der Waals surface area (Å²) in [4.78, 5) is 20.4. The number of amides is 1. The fourth-order valence-electron chi connectivity index (χ4n) is 3.53. The van der Waals surface area contributed by atoms with E-state index in [1.165, 1.54) is 0 Å². The summed E-state index contributed by atoms with van der Waals surface area (Å²) in [5.74, 6) is 0.0980. The Morgan fingerprint density at radius 1 is 1.04 bits per heavy atom. The van der Waals surface area contributed by atoms with Crippen LogP contribution in [0, 0.1) is 5.92 Å². The largest absolute Gasteiger partial charge is 0.348 e. The summed E-state index contributed by atoms with van der Waals surface area (Å²) < 4.78 is 0. The van der Waals surface area contributed by atoms with Gasteiger partial charge in [0, 0.05) is 18.0 Å². The van der Waals surface area contributed by atoms with Crippen LogP contribution in [0.2, 0.25) is 0 Å². The van der Waals surface area contributed by atoms with Gasteiger partial charge in [0.15, 0.2) is 0 Å². The molecule has 1 aliphatic rings. The summed E-state index contributed by atoms with van der Waals surface area (Å²) in [7, 11) is 0. The molecule has 0 aliphatic heterocycles. The van der Waals surface area contributed by atoms with E-state index < -0.39 is 0 Å². The van der Waals surface area contributed by atoms with Crippen molar-refractivity contribution >= 4 is 5.91 Å². The Labute approximate surface area is 147 Å². The maximum atomic E-state index is 12.9. The minimum absolute atomic E-state index is 0.0112. The third-order valence-corrected chi connectivity index (χ3v) is 4.91. The molecule has 0 bridgehead atoms. The summed E-state index contributed by atoms with van der Waals surface area (Å²) in [6.45, 7) is 0. The van der Waals surface area contributed by atoms with Crippen molar-refractivity contribution in [1.29, 1.82) is 0 Å². The number of nitrogens with zero attached hydrogens (tertiary/aromatic N) is 1. The van der Waals surface area contributed by atoms with Gasteiger partial charge in [-0.25, -0.2) is 4.98 Å². The van der Waals surface area contributed by atoms with Crippen LogP contribution in [0.4, 0.5) is 0 Å². The van der Waals surface area contributed by atoms with Crippen LogP contribution in [0.25, 0.3) is 0 Å². The molecule has 1 aromatic heterocycles. The highest BCUT2D eigenvalue weighted by atomic mass is 16.1. The molecule has 0 saturated heterocycles. The molecule has 0 radical (unpaired) electrons. The molecule has 1 heterocycles. The topological polar surface area (TPSA) is 57.8 Å². The Morgan fingerprint density at radius 2 is 1.68 bits per heavy atom. The van der Waals surface area contributed by atoms with Crippen molar-refractivity contribution in [2.24, 2.45) is 5.92 Å². The van der Waals surface area contributed by atoms with E-state index in [1.807, 2.05) is 36.4 Å². The zero-order chi connectivity index (χ0) is 17.1. The van der Waals surface area contributed by atoms with E-state index in [-0.39, 0.29) is 17.9 Å². The fourth-order valence-corrected chi connectivity index (χ4v) is 3.53. The Kier molecular flexibility index (Phi) is 4.34. The van der Waals surface area contributed by atoms with Crippen LogP contribution in [-0.4, -0.2) is 15.9 Å². The van der Waals surface area contributed by atoms with E-state index in [0.717, 1.165) is 41.8 Å². The van der Waals surface area contributed by atoms with Gasteiger partial charge in [0.1, 0.15) is 0 Å². The number of aryl methyl sites for hydroxylation is 1. The fraction of sp³-hybridized carbons (Fsp3) is 0.238. The predicted molar refractivity (Wildman–Crippen MR) is 97.0 cm³/mol. The molecule has 4 nitrogen and oxygen atoms in total. The molecular formula is C21H21N3O. The number of H-pyrrole nitrogens is 1. The van der Waals surface area contributed by atoms with E-state index in [0.29, 0.717) is 0 Å². The number of imidazole rings is 1. The average Bonchev–Trinajstić information content (AvgIpc) is 3.15. The van der Waals surface area contributed by atoms with E-state index in [2.05, 4.69) is 39.6 Å².